The van der Waals surface area contributed by atoms with Crippen molar-refractivity contribution in [1.29, 1.82) is 0 Å². The SMILES string of the molecule is Cc1sc(NC(=O)COc2ccc3c(C)cc(=O)oc3c2)nc1-c1ccc(F)cc1. The van der Waals surface area contributed by atoms with Crippen LogP contribution in [0.2, 0.25) is 0 Å². The van der Waals surface area contributed by atoms with Gasteiger partial charge in [-0.05, 0) is 55.8 Å². The number of rotatable bonds is 5. The first-order valence-corrected chi connectivity index (χ1v) is 9.91. The van der Waals surface area contributed by atoms with Gasteiger partial charge in [0.05, 0.1) is 5.69 Å². The lowest BCUT2D eigenvalue weighted by atomic mass is 10.1. The Morgan fingerprint density at radius 2 is 1.93 bits per heavy atom. The van der Waals surface area contributed by atoms with Gasteiger partial charge in [-0.25, -0.2) is 14.2 Å². The largest absolute Gasteiger partial charge is 0.484 e. The molecule has 0 atom stereocenters. The van der Waals surface area contributed by atoms with Gasteiger partial charge in [-0.1, -0.05) is 0 Å². The van der Waals surface area contributed by atoms with Crippen LogP contribution in [0.1, 0.15) is 10.4 Å². The van der Waals surface area contributed by atoms with Crippen LogP contribution in [0.4, 0.5) is 9.52 Å². The second-order valence-corrected chi connectivity index (χ2v) is 7.88. The summed E-state index contributed by atoms with van der Waals surface area (Å²) in [5.41, 5.74) is 2.23. The normalized spacial score (nSPS) is 10.9. The molecule has 6 nitrogen and oxygen atoms in total. The van der Waals surface area contributed by atoms with Gasteiger partial charge >= 0.3 is 5.63 Å². The smallest absolute Gasteiger partial charge is 0.336 e. The number of carbonyl (C=O) groups excluding carboxylic acids is 1. The van der Waals surface area contributed by atoms with E-state index < -0.39 is 5.63 Å². The summed E-state index contributed by atoms with van der Waals surface area (Å²) in [5, 5.41) is 3.94. The number of fused-ring (bicyclic) bond motifs is 1. The zero-order valence-corrected chi connectivity index (χ0v) is 17.0. The summed E-state index contributed by atoms with van der Waals surface area (Å²) in [5.74, 6) is -0.283. The van der Waals surface area contributed by atoms with Crippen molar-refractivity contribution in [2.45, 2.75) is 13.8 Å². The Bertz CT molecular complexity index is 1290. The average molecular weight is 424 g/mol. The second kappa shape index (κ2) is 8.08. The Balaban J connectivity index is 1.43. The predicted molar refractivity (Wildman–Crippen MR) is 114 cm³/mol. The highest BCUT2D eigenvalue weighted by Crippen LogP contribution is 2.30. The molecule has 8 heteroatoms. The molecular formula is C22H17FN2O4S. The van der Waals surface area contributed by atoms with Crippen molar-refractivity contribution in [1.82, 2.24) is 4.98 Å². The fraction of sp³-hybridized carbons (Fsp3) is 0.136. The maximum atomic E-state index is 13.1. The second-order valence-electron chi connectivity index (χ2n) is 6.67. The number of hydrogen-bond donors (Lipinski definition) is 1. The van der Waals surface area contributed by atoms with Crippen LogP contribution in [-0.2, 0) is 4.79 Å². The van der Waals surface area contributed by atoms with Crippen LogP contribution in [0.3, 0.4) is 0 Å². The number of anilines is 1. The lowest BCUT2D eigenvalue weighted by molar-refractivity contribution is -0.118. The third-order valence-corrected chi connectivity index (χ3v) is 5.34. The first-order chi connectivity index (χ1) is 14.4. The van der Waals surface area contributed by atoms with Crippen LogP contribution in [0.5, 0.6) is 5.75 Å². The summed E-state index contributed by atoms with van der Waals surface area (Å²) in [6.07, 6.45) is 0. The number of carbonyl (C=O) groups is 1. The van der Waals surface area contributed by atoms with Gasteiger partial charge in [-0.3, -0.25) is 10.1 Å². The Hall–Kier alpha value is -3.52. The predicted octanol–water partition coefficient (Wildman–Crippen LogP) is 4.69. The number of amides is 1. The first-order valence-electron chi connectivity index (χ1n) is 9.09. The van der Waals surface area contributed by atoms with Crippen molar-refractivity contribution in [2.24, 2.45) is 0 Å². The van der Waals surface area contributed by atoms with Crippen LogP contribution < -0.4 is 15.7 Å². The number of thiazole rings is 1. The monoisotopic (exact) mass is 424 g/mol. The molecule has 4 rings (SSSR count). The fourth-order valence-electron chi connectivity index (χ4n) is 3.02. The lowest BCUT2D eigenvalue weighted by Gasteiger charge is -2.07. The third kappa shape index (κ3) is 4.23. The standard InChI is InChI=1S/C22H17FN2O4S/c1-12-9-20(27)29-18-10-16(7-8-17(12)18)28-11-19(26)24-22-25-21(13(2)30-22)14-3-5-15(23)6-4-14/h3-10H,11H2,1-2H3,(H,24,25,26). The minimum Gasteiger partial charge on any atom is -0.484 e. The first kappa shape index (κ1) is 19.8. The molecule has 0 saturated carbocycles. The van der Waals surface area contributed by atoms with Gasteiger partial charge < -0.3 is 9.15 Å². The minimum atomic E-state index is -0.439. The molecule has 1 N–H and O–H groups in total. The molecule has 152 valence electrons. The van der Waals surface area contributed by atoms with Gasteiger partial charge in [0.2, 0.25) is 0 Å². The van der Waals surface area contributed by atoms with Crippen molar-refractivity contribution in [2.75, 3.05) is 11.9 Å². The van der Waals surface area contributed by atoms with Crippen molar-refractivity contribution < 1.29 is 18.3 Å². The van der Waals surface area contributed by atoms with Gasteiger partial charge in [0.25, 0.3) is 5.91 Å². The van der Waals surface area contributed by atoms with Crippen molar-refractivity contribution in [3.8, 4) is 17.0 Å². The molecule has 0 spiro atoms. The highest BCUT2D eigenvalue weighted by molar-refractivity contribution is 7.16. The molecular weight excluding hydrogens is 407 g/mol. The van der Waals surface area contributed by atoms with Crippen molar-refractivity contribution >= 4 is 33.3 Å². The maximum Gasteiger partial charge on any atom is 0.336 e. The highest BCUT2D eigenvalue weighted by Gasteiger charge is 2.13. The Kier molecular flexibility index (Phi) is 5.33. The van der Waals surface area contributed by atoms with Gasteiger partial charge in [0.15, 0.2) is 11.7 Å². The minimum absolute atomic E-state index is 0.230. The summed E-state index contributed by atoms with van der Waals surface area (Å²) in [4.78, 5) is 29.1. The van der Waals surface area contributed by atoms with E-state index in [1.54, 1.807) is 30.3 Å². The molecule has 0 radical (unpaired) electrons. The number of aromatic nitrogens is 1. The number of nitrogens with zero attached hydrogens (tertiary/aromatic N) is 1. The van der Waals surface area contributed by atoms with E-state index in [2.05, 4.69) is 10.3 Å². The molecule has 0 unspecified atom stereocenters. The zero-order chi connectivity index (χ0) is 21.3. The number of halogens is 1. The Labute approximate surface area is 175 Å². The molecule has 1 amide bonds. The average Bonchev–Trinajstić information content (AvgIpc) is 3.06. The number of ether oxygens (including phenoxy) is 1. The summed E-state index contributed by atoms with van der Waals surface area (Å²) >= 11 is 1.33. The maximum absolute atomic E-state index is 13.1. The van der Waals surface area contributed by atoms with Crippen molar-refractivity contribution in [3.05, 3.63) is 75.2 Å². The number of nitrogens with one attached hydrogen (secondary N) is 1. The van der Waals surface area contributed by atoms with Gasteiger partial charge in [-0.2, -0.15) is 0 Å². The molecule has 2 aromatic carbocycles. The third-order valence-electron chi connectivity index (χ3n) is 4.45. The molecule has 0 bridgehead atoms. The molecule has 0 aliphatic rings. The van der Waals surface area contributed by atoms with Crippen LogP contribution in [-0.4, -0.2) is 17.5 Å². The van der Waals surface area contributed by atoms with E-state index in [4.69, 9.17) is 9.15 Å². The molecule has 0 fully saturated rings. The summed E-state index contributed by atoms with van der Waals surface area (Å²) in [6, 6.07) is 12.5. The molecule has 2 aromatic heterocycles. The van der Waals surface area contributed by atoms with Crippen LogP contribution >= 0.6 is 11.3 Å². The molecule has 0 aliphatic heterocycles. The van der Waals surface area contributed by atoms with E-state index in [0.717, 1.165) is 21.4 Å². The van der Waals surface area contributed by atoms with E-state index in [-0.39, 0.29) is 18.3 Å². The van der Waals surface area contributed by atoms with Gasteiger partial charge in [-0.15, -0.1) is 11.3 Å². The number of aryl methyl sites for hydroxylation is 2. The highest BCUT2D eigenvalue weighted by atomic mass is 32.1. The van der Waals surface area contributed by atoms with Crippen LogP contribution in [0.25, 0.3) is 22.2 Å². The lowest BCUT2D eigenvalue weighted by Crippen LogP contribution is -2.20. The Morgan fingerprint density at radius 3 is 2.70 bits per heavy atom. The molecule has 0 saturated heterocycles. The topological polar surface area (TPSA) is 81.4 Å². The summed E-state index contributed by atoms with van der Waals surface area (Å²) in [6.45, 7) is 3.48. The molecule has 30 heavy (non-hydrogen) atoms. The number of hydrogen-bond acceptors (Lipinski definition) is 6. The molecule has 2 heterocycles. The van der Waals surface area contributed by atoms with Crippen molar-refractivity contribution in [3.63, 3.8) is 0 Å². The molecule has 0 aliphatic carbocycles. The van der Waals surface area contributed by atoms with E-state index in [1.807, 2.05) is 13.8 Å². The fourth-order valence-corrected chi connectivity index (χ4v) is 3.88. The van der Waals surface area contributed by atoms with Crippen LogP contribution in [0.15, 0.2) is 57.7 Å². The van der Waals surface area contributed by atoms with Crippen LogP contribution in [0, 0.1) is 19.7 Å². The van der Waals surface area contributed by atoms with Gasteiger partial charge in [0.1, 0.15) is 17.1 Å². The Morgan fingerprint density at radius 1 is 1.17 bits per heavy atom. The van der Waals surface area contributed by atoms with E-state index in [0.29, 0.717) is 22.2 Å². The zero-order valence-electron chi connectivity index (χ0n) is 16.2. The number of benzene rings is 2. The van der Waals surface area contributed by atoms with E-state index in [1.165, 1.54) is 29.5 Å². The molecule has 4 aromatic rings. The van der Waals surface area contributed by atoms with Gasteiger partial charge in [0, 0.05) is 28.0 Å². The van der Waals surface area contributed by atoms with E-state index >= 15 is 0 Å². The summed E-state index contributed by atoms with van der Waals surface area (Å²) < 4.78 is 23.8. The van der Waals surface area contributed by atoms with E-state index in [9.17, 15) is 14.0 Å². The summed E-state index contributed by atoms with van der Waals surface area (Å²) in [7, 11) is 0. The quantitative estimate of drug-likeness (QED) is 0.470.